The van der Waals surface area contributed by atoms with Gasteiger partial charge < -0.3 is 28.4 Å². The van der Waals surface area contributed by atoms with Crippen LogP contribution in [0.25, 0.3) is 11.0 Å². The summed E-state index contributed by atoms with van der Waals surface area (Å²) >= 11 is 0. The number of amides is 2. The fourth-order valence-corrected chi connectivity index (χ4v) is 4.82. The van der Waals surface area contributed by atoms with E-state index in [2.05, 4.69) is 16.9 Å². The van der Waals surface area contributed by atoms with E-state index in [1.54, 1.807) is 43.5 Å². The highest BCUT2D eigenvalue weighted by molar-refractivity contribution is 6.04. The zero-order chi connectivity index (χ0) is 28.5. The van der Waals surface area contributed by atoms with Gasteiger partial charge in [-0.2, -0.15) is 0 Å². The summed E-state index contributed by atoms with van der Waals surface area (Å²) in [6, 6.07) is 6.83. The van der Waals surface area contributed by atoms with E-state index in [-0.39, 0.29) is 24.5 Å². The maximum Gasteiger partial charge on any atom is 0.258 e. The molecule has 1 N–H and O–H groups in total. The number of ether oxygens (including phenoxy) is 4. The molecule has 0 saturated carbocycles. The van der Waals surface area contributed by atoms with E-state index in [0.717, 1.165) is 25.0 Å². The van der Waals surface area contributed by atoms with Crippen LogP contribution in [0.5, 0.6) is 11.5 Å². The van der Waals surface area contributed by atoms with Gasteiger partial charge in [0, 0.05) is 44.8 Å². The number of likely N-dealkylation sites (tertiary alicyclic amines) is 1. The Kier molecular flexibility index (Phi) is 10.1. The zero-order valence-electron chi connectivity index (χ0n) is 23.4. The van der Waals surface area contributed by atoms with Crippen molar-refractivity contribution in [1.82, 2.24) is 19.4 Å². The van der Waals surface area contributed by atoms with Crippen LogP contribution in [0, 0.1) is 6.92 Å². The molecule has 0 spiro atoms. The quantitative estimate of drug-likeness (QED) is 0.267. The molecule has 1 aliphatic heterocycles. The van der Waals surface area contributed by atoms with Crippen LogP contribution >= 0.6 is 0 Å². The third-order valence-corrected chi connectivity index (χ3v) is 6.73. The minimum Gasteiger partial charge on any atom is -0.487 e. The van der Waals surface area contributed by atoms with Crippen molar-refractivity contribution in [3.8, 4) is 11.5 Å². The van der Waals surface area contributed by atoms with Gasteiger partial charge in [0.15, 0.2) is 11.5 Å². The molecular formula is C29H37N5O6. The van der Waals surface area contributed by atoms with E-state index in [4.69, 9.17) is 23.9 Å². The third kappa shape index (κ3) is 6.78. The second-order valence-electron chi connectivity index (χ2n) is 9.53. The van der Waals surface area contributed by atoms with Crippen LogP contribution in [0.3, 0.4) is 0 Å². The highest BCUT2D eigenvalue weighted by Gasteiger charge is 2.29. The van der Waals surface area contributed by atoms with E-state index in [1.807, 2.05) is 17.6 Å². The molecule has 0 aliphatic carbocycles. The maximum atomic E-state index is 13.3. The van der Waals surface area contributed by atoms with Crippen molar-refractivity contribution >= 4 is 28.8 Å². The molecular weight excluding hydrogens is 514 g/mol. The zero-order valence-corrected chi connectivity index (χ0v) is 23.4. The second-order valence-corrected chi connectivity index (χ2v) is 9.53. The van der Waals surface area contributed by atoms with E-state index >= 15 is 0 Å². The lowest BCUT2D eigenvalue weighted by Gasteiger charge is -2.26. The van der Waals surface area contributed by atoms with Gasteiger partial charge in [-0.15, -0.1) is 0 Å². The lowest BCUT2D eigenvalue weighted by atomic mass is 10.1. The van der Waals surface area contributed by atoms with Crippen LogP contribution in [-0.2, 0) is 14.3 Å². The summed E-state index contributed by atoms with van der Waals surface area (Å²) < 4.78 is 24.6. The highest BCUT2D eigenvalue weighted by atomic mass is 16.5. The number of aryl methyl sites for hydroxylation is 1. The van der Waals surface area contributed by atoms with E-state index in [0.29, 0.717) is 67.0 Å². The lowest BCUT2D eigenvalue weighted by molar-refractivity contribution is -0.126. The molecule has 2 amide bonds. The van der Waals surface area contributed by atoms with Crippen molar-refractivity contribution in [2.75, 3.05) is 59.1 Å². The van der Waals surface area contributed by atoms with Crippen LogP contribution < -0.4 is 14.8 Å². The number of imidazole rings is 1. The Labute approximate surface area is 234 Å². The molecule has 0 radical (unpaired) electrons. The van der Waals surface area contributed by atoms with Gasteiger partial charge in [-0.1, -0.05) is 6.58 Å². The number of hydrogen-bond acceptors (Lipinski definition) is 8. The molecule has 1 fully saturated rings. The first kappa shape index (κ1) is 29.0. The summed E-state index contributed by atoms with van der Waals surface area (Å²) in [4.78, 5) is 36.8. The monoisotopic (exact) mass is 551 g/mol. The number of aromatic nitrogens is 3. The van der Waals surface area contributed by atoms with Crippen LogP contribution in [-0.4, -0.2) is 85.0 Å². The van der Waals surface area contributed by atoms with Gasteiger partial charge in [-0.25, -0.2) is 4.98 Å². The lowest BCUT2D eigenvalue weighted by Crippen LogP contribution is -2.34. The van der Waals surface area contributed by atoms with Crippen LogP contribution in [0.2, 0.25) is 0 Å². The van der Waals surface area contributed by atoms with Gasteiger partial charge in [0.25, 0.3) is 5.91 Å². The summed E-state index contributed by atoms with van der Waals surface area (Å²) in [5.41, 5.74) is 2.49. The van der Waals surface area contributed by atoms with Gasteiger partial charge >= 0.3 is 0 Å². The first-order valence-corrected chi connectivity index (χ1v) is 13.4. The molecule has 1 saturated heterocycles. The van der Waals surface area contributed by atoms with Crippen molar-refractivity contribution in [2.45, 2.75) is 32.2 Å². The number of methoxy groups -OCH3 is 2. The SMILES string of the molecule is C=CC(=O)N1CCCC[C@@H](n2c(NC(=O)c3ccnc(C)c3)nc3ccc(OCCOC)c(OCCOC)c32)C1. The fourth-order valence-electron chi connectivity index (χ4n) is 4.82. The van der Waals surface area contributed by atoms with E-state index in [9.17, 15) is 9.59 Å². The Hall–Kier alpha value is -3.96. The van der Waals surface area contributed by atoms with Crippen molar-refractivity contribution < 1.29 is 28.5 Å². The Morgan fingerprint density at radius 3 is 2.60 bits per heavy atom. The second kappa shape index (κ2) is 13.9. The van der Waals surface area contributed by atoms with Gasteiger partial charge in [0.2, 0.25) is 11.9 Å². The predicted octanol–water partition coefficient (Wildman–Crippen LogP) is 3.78. The molecule has 0 unspecified atom stereocenters. The largest absolute Gasteiger partial charge is 0.487 e. The molecule has 1 aliphatic rings. The molecule has 4 rings (SSSR count). The number of carbonyl (C=O) groups excluding carboxylic acids is 2. The predicted molar refractivity (Wildman–Crippen MR) is 151 cm³/mol. The third-order valence-electron chi connectivity index (χ3n) is 6.73. The number of carbonyl (C=O) groups is 2. The van der Waals surface area contributed by atoms with E-state index in [1.165, 1.54) is 6.08 Å². The molecule has 11 heteroatoms. The van der Waals surface area contributed by atoms with Gasteiger partial charge in [-0.05, 0) is 56.5 Å². The molecule has 3 heterocycles. The smallest absolute Gasteiger partial charge is 0.258 e. The topological polar surface area (TPSA) is 117 Å². The molecule has 214 valence electrons. The average Bonchev–Trinajstić information content (AvgIpc) is 3.14. The summed E-state index contributed by atoms with van der Waals surface area (Å²) in [7, 11) is 3.22. The number of fused-ring (bicyclic) bond motifs is 1. The number of hydrogen-bond donors (Lipinski definition) is 1. The van der Waals surface area contributed by atoms with Crippen molar-refractivity contribution in [3.05, 3.63) is 54.4 Å². The Morgan fingerprint density at radius 2 is 1.88 bits per heavy atom. The maximum absolute atomic E-state index is 13.3. The Morgan fingerprint density at radius 1 is 1.10 bits per heavy atom. The van der Waals surface area contributed by atoms with E-state index < -0.39 is 0 Å². The molecule has 1 aromatic carbocycles. The summed E-state index contributed by atoms with van der Waals surface area (Å²) in [6.45, 7) is 7.96. The summed E-state index contributed by atoms with van der Waals surface area (Å²) in [6.07, 6.45) is 5.47. The van der Waals surface area contributed by atoms with Crippen molar-refractivity contribution in [2.24, 2.45) is 0 Å². The molecule has 3 aromatic rings. The van der Waals surface area contributed by atoms with Gasteiger partial charge in [0.05, 0.1) is 24.8 Å². The number of benzene rings is 1. The Balaban J connectivity index is 1.85. The standard InChI is InChI=1S/C29H37N5O6/c1-5-25(35)33-13-7-6-8-22(19-33)34-26-23(31-29(34)32-28(36)21-11-12-30-20(2)18-21)9-10-24(39-16-14-37-3)27(26)40-17-15-38-4/h5,9-12,18,22H,1,6-8,13-17,19H2,2-4H3,(H,31,32,36)/t22-/m1/s1. The van der Waals surface area contributed by atoms with Crippen LogP contribution in [0.4, 0.5) is 5.95 Å². The minimum atomic E-state index is -0.312. The van der Waals surface area contributed by atoms with Crippen LogP contribution in [0.1, 0.15) is 41.4 Å². The van der Waals surface area contributed by atoms with Gasteiger partial charge in [-0.3, -0.25) is 19.9 Å². The number of nitrogens with one attached hydrogen (secondary N) is 1. The van der Waals surface area contributed by atoms with Crippen LogP contribution in [0.15, 0.2) is 43.1 Å². The number of nitrogens with zero attached hydrogens (tertiary/aromatic N) is 4. The summed E-state index contributed by atoms with van der Waals surface area (Å²) in [5.74, 6) is 0.932. The first-order chi connectivity index (χ1) is 19.5. The molecule has 1 atom stereocenters. The van der Waals surface area contributed by atoms with Gasteiger partial charge in [0.1, 0.15) is 18.7 Å². The number of anilines is 1. The molecule has 2 aromatic heterocycles. The van der Waals surface area contributed by atoms with Crippen molar-refractivity contribution in [3.63, 3.8) is 0 Å². The van der Waals surface area contributed by atoms with Crippen molar-refractivity contribution in [1.29, 1.82) is 0 Å². The minimum absolute atomic E-state index is 0.130. The number of pyridine rings is 1. The number of rotatable bonds is 12. The molecule has 40 heavy (non-hydrogen) atoms. The first-order valence-electron chi connectivity index (χ1n) is 13.4. The average molecular weight is 552 g/mol. The Bertz CT molecular complexity index is 1340. The normalized spacial score (nSPS) is 15.5. The molecule has 0 bridgehead atoms. The fraction of sp³-hybridized carbons (Fsp3) is 0.448. The summed E-state index contributed by atoms with van der Waals surface area (Å²) in [5, 5.41) is 3.01. The highest BCUT2D eigenvalue weighted by Crippen LogP contribution is 2.40. The molecule has 11 nitrogen and oxygen atoms in total.